The maximum Gasteiger partial charge on any atom is 0.407 e. The molecule has 234 valence electrons. The third-order valence-corrected chi connectivity index (χ3v) is 8.18. The van der Waals surface area contributed by atoms with Crippen molar-refractivity contribution >= 4 is 6.09 Å². The van der Waals surface area contributed by atoms with Crippen LogP contribution >= 0.6 is 0 Å². The van der Waals surface area contributed by atoms with Gasteiger partial charge in [0.15, 0.2) is 6.29 Å². The number of hydrogen-bond donors (Lipinski definition) is 7. The second kappa shape index (κ2) is 14.4. The van der Waals surface area contributed by atoms with E-state index in [2.05, 4.69) is 10.6 Å². The standard InChI is InChI=1S/C28H52N2O10/c1-7-9-29-16-11-15(30-27(36)40-28(4,5)6)22(24-14(3)10-17(32)20(8-2)37-24)23(35)25(16)39-26-19(34)12-18(33)21(13-31)38-26/h14-26,29,31-35H,7-13H2,1-6H3,(H,30,36). The molecule has 1 amide bonds. The van der Waals surface area contributed by atoms with Gasteiger partial charge in [-0.1, -0.05) is 20.8 Å². The number of carbonyl (C=O) groups is 1. The molecule has 3 aliphatic rings. The molecule has 0 aromatic carbocycles. The van der Waals surface area contributed by atoms with Crippen LogP contribution in [-0.4, -0.2) is 118 Å². The summed E-state index contributed by atoms with van der Waals surface area (Å²) in [5, 5.41) is 59.3. The SMILES string of the molecule is CCCNC1CC(NC(=O)OC(C)(C)C)C(C2OC(CC)C(O)CC2C)C(O)C1OC1OC(CO)C(O)CC1O. The van der Waals surface area contributed by atoms with Gasteiger partial charge in [-0.2, -0.15) is 0 Å². The second-order valence-corrected chi connectivity index (χ2v) is 12.6. The predicted octanol–water partition coefficient (Wildman–Crippen LogP) is 0.408. The number of amides is 1. The van der Waals surface area contributed by atoms with Crippen molar-refractivity contribution < 1.29 is 49.3 Å². The normalized spacial score (nSPS) is 42.8. The molecule has 1 aliphatic carbocycles. The minimum absolute atomic E-state index is 0.0448. The van der Waals surface area contributed by atoms with Gasteiger partial charge < -0.3 is 55.1 Å². The molecule has 0 spiro atoms. The first-order valence-corrected chi connectivity index (χ1v) is 14.8. The lowest BCUT2D eigenvalue weighted by Crippen LogP contribution is -2.67. The van der Waals surface area contributed by atoms with Gasteiger partial charge in [0.2, 0.25) is 0 Å². The first-order chi connectivity index (χ1) is 18.8. The van der Waals surface area contributed by atoms with Crippen LogP contribution in [0.2, 0.25) is 0 Å². The average molecular weight is 577 g/mol. The third kappa shape index (κ3) is 8.26. The Balaban J connectivity index is 1.93. The zero-order valence-electron chi connectivity index (χ0n) is 24.7. The maximum absolute atomic E-state index is 12.9. The number of aliphatic hydroxyl groups is 5. The molecule has 0 aromatic rings. The molecule has 12 heteroatoms. The Morgan fingerprint density at radius 1 is 0.950 bits per heavy atom. The summed E-state index contributed by atoms with van der Waals surface area (Å²) in [7, 11) is 0. The highest BCUT2D eigenvalue weighted by molar-refractivity contribution is 5.68. The van der Waals surface area contributed by atoms with Crippen molar-refractivity contribution in [1.82, 2.24) is 10.6 Å². The van der Waals surface area contributed by atoms with E-state index in [1.54, 1.807) is 20.8 Å². The van der Waals surface area contributed by atoms with E-state index in [1.807, 2.05) is 20.8 Å². The van der Waals surface area contributed by atoms with Crippen LogP contribution < -0.4 is 10.6 Å². The molecule has 2 aliphatic heterocycles. The Hall–Kier alpha value is -1.09. The van der Waals surface area contributed by atoms with Crippen LogP contribution in [0.1, 0.15) is 73.6 Å². The molecule has 40 heavy (non-hydrogen) atoms. The number of carbonyl (C=O) groups excluding carboxylic acids is 1. The number of alkyl carbamates (subject to hydrolysis) is 1. The first-order valence-electron chi connectivity index (χ1n) is 14.8. The molecule has 0 radical (unpaired) electrons. The van der Waals surface area contributed by atoms with Gasteiger partial charge in [0.1, 0.15) is 23.9 Å². The monoisotopic (exact) mass is 576 g/mol. The van der Waals surface area contributed by atoms with Crippen LogP contribution in [0, 0.1) is 11.8 Å². The van der Waals surface area contributed by atoms with Crippen LogP contribution in [0.4, 0.5) is 4.79 Å². The third-order valence-electron chi connectivity index (χ3n) is 8.18. The van der Waals surface area contributed by atoms with Crippen molar-refractivity contribution in [3.05, 3.63) is 0 Å². The van der Waals surface area contributed by atoms with E-state index >= 15 is 0 Å². The smallest absolute Gasteiger partial charge is 0.407 e. The van der Waals surface area contributed by atoms with E-state index in [-0.39, 0.29) is 12.3 Å². The fourth-order valence-corrected chi connectivity index (χ4v) is 6.24. The summed E-state index contributed by atoms with van der Waals surface area (Å²) in [4.78, 5) is 12.9. The summed E-state index contributed by atoms with van der Waals surface area (Å²) in [5.74, 6) is -0.764. The number of nitrogens with one attached hydrogen (secondary N) is 2. The number of ether oxygens (including phenoxy) is 4. The van der Waals surface area contributed by atoms with Gasteiger partial charge in [0.05, 0.1) is 37.1 Å². The van der Waals surface area contributed by atoms with Crippen molar-refractivity contribution in [3.63, 3.8) is 0 Å². The van der Waals surface area contributed by atoms with Gasteiger partial charge in [-0.25, -0.2) is 4.79 Å². The minimum Gasteiger partial charge on any atom is -0.444 e. The van der Waals surface area contributed by atoms with Crippen LogP contribution in [0.3, 0.4) is 0 Å². The zero-order valence-corrected chi connectivity index (χ0v) is 24.7. The molecule has 2 heterocycles. The van der Waals surface area contributed by atoms with Gasteiger partial charge in [0, 0.05) is 24.4 Å². The molecule has 1 saturated carbocycles. The van der Waals surface area contributed by atoms with E-state index in [1.165, 1.54) is 0 Å². The fraction of sp³-hybridized carbons (Fsp3) is 0.964. The summed E-state index contributed by atoms with van der Waals surface area (Å²) in [6.07, 6.45) is -6.32. The van der Waals surface area contributed by atoms with Crippen molar-refractivity contribution in [3.8, 4) is 0 Å². The van der Waals surface area contributed by atoms with E-state index < -0.39 is 91.4 Å². The zero-order chi connectivity index (χ0) is 29.8. The molecule has 13 unspecified atom stereocenters. The maximum atomic E-state index is 12.9. The van der Waals surface area contributed by atoms with Crippen molar-refractivity contribution in [2.75, 3.05) is 13.2 Å². The summed E-state index contributed by atoms with van der Waals surface area (Å²) in [6, 6.07) is -0.990. The van der Waals surface area contributed by atoms with Gasteiger partial charge in [-0.3, -0.25) is 0 Å². The van der Waals surface area contributed by atoms with Gasteiger partial charge >= 0.3 is 6.09 Å². The molecular formula is C28H52N2O10. The molecule has 0 aromatic heterocycles. The summed E-state index contributed by atoms with van der Waals surface area (Å²) < 4.78 is 23.9. The summed E-state index contributed by atoms with van der Waals surface area (Å²) in [6.45, 7) is 11.4. The minimum atomic E-state index is -1.18. The summed E-state index contributed by atoms with van der Waals surface area (Å²) >= 11 is 0. The van der Waals surface area contributed by atoms with Crippen molar-refractivity contribution in [2.24, 2.45) is 11.8 Å². The van der Waals surface area contributed by atoms with Crippen LogP contribution in [0.15, 0.2) is 0 Å². The molecule has 3 fully saturated rings. The van der Waals surface area contributed by atoms with Crippen LogP contribution in [0.5, 0.6) is 0 Å². The highest BCUT2D eigenvalue weighted by Crippen LogP contribution is 2.40. The average Bonchev–Trinajstić information content (AvgIpc) is 2.85. The Bertz CT molecular complexity index is 798. The molecular weight excluding hydrogens is 524 g/mol. The highest BCUT2D eigenvalue weighted by Gasteiger charge is 2.53. The number of aliphatic hydroxyl groups excluding tert-OH is 5. The van der Waals surface area contributed by atoms with Crippen molar-refractivity contribution in [2.45, 2.75) is 146 Å². The summed E-state index contributed by atoms with van der Waals surface area (Å²) in [5.41, 5.74) is -0.716. The van der Waals surface area contributed by atoms with Crippen molar-refractivity contribution in [1.29, 1.82) is 0 Å². The van der Waals surface area contributed by atoms with E-state index in [0.717, 1.165) is 6.42 Å². The Morgan fingerprint density at radius 3 is 2.23 bits per heavy atom. The quantitative estimate of drug-likeness (QED) is 0.202. The molecule has 12 nitrogen and oxygen atoms in total. The van der Waals surface area contributed by atoms with E-state index in [4.69, 9.17) is 18.9 Å². The van der Waals surface area contributed by atoms with Gasteiger partial charge in [-0.05, 0) is 58.9 Å². The topological polar surface area (TPSA) is 179 Å². The highest BCUT2D eigenvalue weighted by atomic mass is 16.7. The lowest BCUT2D eigenvalue weighted by atomic mass is 9.70. The number of hydrogen-bond acceptors (Lipinski definition) is 11. The largest absolute Gasteiger partial charge is 0.444 e. The van der Waals surface area contributed by atoms with Crippen LogP contribution in [0.25, 0.3) is 0 Å². The molecule has 2 saturated heterocycles. The molecule has 13 atom stereocenters. The predicted molar refractivity (Wildman–Crippen MR) is 145 cm³/mol. The molecule has 3 rings (SSSR count). The first kappa shape index (κ1) is 33.4. The lowest BCUT2D eigenvalue weighted by Gasteiger charge is -2.52. The second-order valence-electron chi connectivity index (χ2n) is 12.6. The van der Waals surface area contributed by atoms with E-state index in [9.17, 15) is 30.3 Å². The van der Waals surface area contributed by atoms with Crippen LogP contribution in [-0.2, 0) is 18.9 Å². The lowest BCUT2D eigenvalue weighted by molar-refractivity contribution is -0.303. The Morgan fingerprint density at radius 2 is 1.62 bits per heavy atom. The fourth-order valence-electron chi connectivity index (χ4n) is 6.24. The Kier molecular flexibility index (Phi) is 12.0. The molecule has 7 N–H and O–H groups in total. The van der Waals surface area contributed by atoms with Gasteiger partial charge in [0.25, 0.3) is 0 Å². The van der Waals surface area contributed by atoms with E-state index in [0.29, 0.717) is 25.8 Å². The molecule has 0 bridgehead atoms. The Labute approximate surface area is 237 Å². The number of rotatable bonds is 9. The van der Waals surface area contributed by atoms with Gasteiger partial charge in [-0.15, -0.1) is 0 Å².